The van der Waals surface area contributed by atoms with Crippen molar-refractivity contribution in [1.82, 2.24) is 0 Å². The van der Waals surface area contributed by atoms with Crippen LogP contribution in [0.1, 0.15) is 27.4 Å². The van der Waals surface area contributed by atoms with Gasteiger partial charge in [0.15, 0.2) is 11.2 Å². The summed E-state index contributed by atoms with van der Waals surface area (Å²) < 4.78 is 13.6. The monoisotopic (exact) mass is 453 g/mol. The molecule has 0 spiro atoms. The van der Waals surface area contributed by atoms with E-state index < -0.39 is 29.2 Å². The third-order valence-corrected chi connectivity index (χ3v) is 6.76. The normalized spacial score (nSPS) is 22.1. The van der Waals surface area contributed by atoms with Crippen molar-refractivity contribution in [3.8, 4) is 12.1 Å². The maximum Gasteiger partial charge on any atom is 0.185 e. The fraction of sp³-hybridized carbons (Fsp3) is 0.148. The van der Waals surface area contributed by atoms with Crippen LogP contribution in [-0.2, 0) is 0 Å². The van der Waals surface area contributed by atoms with Crippen LogP contribution >= 0.6 is 11.6 Å². The molecular weight excluding hydrogens is 437 g/mol. The standard InChI is InChI=1S/C27H17ClFN3O/c28-20-9-12-22-19(14-20)8-13-23-27(15-30,16-31)24(17-4-2-1-3-5-17)25(32(22)23)26(33)18-6-10-21(29)11-7-18/h1-14,23-25H/t23-,24-,25-/m1/s1. The molecule has 2 heterocycles. The molecule has 1 fully saturated rings. The molecule has 0 unspecified atom stereocenters. The molecule has 4 nitrogen and oxygen atoms in total. The Hall–Kier alpha value is -3.93. The molecule has 3 aromatic rings. The molecule has 3 atom stereocenters. The molecular formula is C27H17ClFN3O. The second-order valence-electron chi connectivity index (χ2n) is 8.21. The molecule has 160 valence electrons. The van der Waals surface area contributed by atoms with E-state index in [-0.39, 0.29) is 5.78 Å². The molecule has 0 aromatic heterocycles. The quantitative estimate of drug-likeness (QED) is 0.472. The highest BCUT2D eigenvalue weighted by Crippen LogP contribution is 2.55. The van der Waals surface area contributed by atoms with Crippen LogP contribution in [0.5, 0.6) is 0 Å². The van der Waals surface area contributed by atoms with Crippen LogP contribution in [0.2, 0.25) is 5.02 Å². The Labute approximate surface area is 195 Å². The predicted molar refractivity (Wildman–Crippen MR) is 124 cm³/mol. The first-order chi connectivity index (χ1) is 16.0. The van der Waals surface area contributed by atoms with E-state index in [1.54, 1.807) is 18.2 Å². The summed E-state index contributed by atoms with van der Waals surface area (Å²) in [6.45, 7) is 0. The minimum absolute atomic E-state index is 0.280. The maximum absolute atomic E-state index is 14.0. The molecule has 1 saturated heterocycles. The van der Waals surface area contributed by atoms with Crippen molar-refractivity contribution >= 4 is 29.1 Å². The average Bonchev–Trinajstić information content (AvgIpc) is 3.15. The van der Waals surface area contributed by atoms with Crippen molar-refractivity contribution in [3.05, 3.63) is 106 Å². The van der Waals surface area contributed by atoms with Gasteiger partial charge >= 0.3 is 0 Å². The Bertz CT molecular complexity index is 1340. The van der Waals surface area contributed by atoms with Gasteiger partial charge in [-0.3, -0.25) is 4.79 Å². The van der Waals surface area contributed by atoms with E-state index in [4.69, 9.17) is 11.6 Å². The predicted octanol–water partition coefficient (Wildman–Crippen LogP) is 5.76. The largest absolute Gasteiger partial charge is 0.351 e. The number of hydrogen-bond donors (Lipinski definition) is 0. The first kappa shape index (κ1) is 20.9. The van der Waals surface area contributed by atoms with E-state index in [2.05, 4.69) is 12.1 Å². The SMILES string of the molecule is N#CC1(C#N)[C@H](c2ccccc2)[C@H](C(=O)c2ccc(F)cc2)N2c3ccc(Cl)cc3C=C[C@@H]21. The summed E-state index contributed by atoms with van der Waals surface area (Å²) >= 11 is 6.20. The van der Waals surface area contributed by atoms with Crippen molar-refractivity contribution < 1.29 is 9.18 Å². The first-order valence-electron chi connectivity index (χ1n) is 10.4. The summed E-state index contributed by atoms with van der Waals surface area (Å²) in [6, 6.07) is 22.9. The number of nitriles is 2. The van der Waals surface area contributed by atoms with E-state index >= 15 is 0 Å². The molecule has 0 bridgehead atoms. The molecule has 6 heteroatoms. The maximum atomic E-state index is 14.0. The van der Waals surface area contributed by atoms with E-state index in [0.29, 0.717) is 10.6 Å². The van der Waals surface area contributed by atoms with Gasteiger partial charge in [0, 0.05) is 22.2 Å². The van der Waals surface area contributed by atoms with Gasteiger partial charge in [-0.2, -0.15) is 10.5 Å². The van der Waals surface area contributed by atoms with Crippen LogP contribution < -0.4 is 4.90 Å². The average molecular weight is 454 g/mol. The van der Waals surface area contributed by atoms with Gasteiger partial charge in [-0.05, 0) is 53.6 Å². The Balaban J connectivity index is 1.78. The number of benzene rings is 3. The number of rotatable bonds is 3. The zero-order valence-corrected chi connectivity index (χ0v) is 18.1. The molecule has 0 amide bonds. The smallest absolute Gasteiger partial charge is 0.185 e. The summed E-state index contributed by atoms with van der Waals surface area (Å²) in [6.07, 6.45) is 3.65. The highest BCUT2D eigenvalue weighted by molar-refractivity contribution is 6.30. The molecule has 3 aromatic carbocycles. The lowest BCUT2D eigenvalue weighted by Gasteiger charge is -2.35. The number of carbonyl (C=O) groups excluding carboxylic acids is 1. The molecule has 33 heavy (non-hydrogen) atoms. The van der Waals surface area contributed by atoms with Crippen LogP contribution in [-0.4, -0.2) is 17.9 Å². The van der Waals surface area contributed by atoms with Crippen LogP contribution in [0.3, 0.4) is 0 Å². The van der Waals surface area contributed by atoms with Crippen molar-refractivity contribution in [2.45, 2.75) is 18.0 Å². The van der Waals surface area contributed by atoms with Gasteiger partial charge in [0.2, 0.25) is 0 Å². The van der Waals surface area contributed by atoms with Crippen molar-refractivity contribution in [2.75, 3.05) is 4.90 Å². The third kappa shape index (κ3) is 3.13. The summed E-state index contributed by atoms with van der Waals surface area (Å²) in [5.41, 5.74) is 1.04. The van der Waals surface area contributed by atoms with E-state index in [1.165, 1.54) is 24.3 Å². The molecule has 2 aliphatic heterocycles. The van der Waals surface area contributed by atoms with Crippen LogP contribution in [0, 0.1) is 33.9 Å². The van der Waals surface area contributed by atoms with E-state index in [9.17, 15) is 19.7 Å². The van der Waals surface area contributed by atoms with Gasteiger partial charge in [-0.15, -0.1) is 0 Å². The Morgan fingerprint density at radius 3 is 2.36 bits per heavy atom. The molecule has 0 N–H and O–H groups in total. The Kier molecular flexibility index (Phi) is 5.01. The molecule has 0 radical (unpaired) electrons. The second kappa shape index (κ2) is 7.89. The van der Waals surface area contributed by atoms with E-state index in [0.717, 1.165) is 16.8 Å². The van der Waals surface area contributed by atoms with Gasteiger partial charge in [-0.25, -0.2) is 4.39 Å². The number of halogens is 2. The number of fused-ring (bicyclic) bond motifs is 3. The van der Waals surface area contributed by atoms with E-state index in [1.807, 2.05) is 47.4 Å². The molecule has 5 rings (SSSR count). The minimum atomic E-state index is -1.52. The zero-order valence-electron chi connectivity index (χ0n) is 17.3. The lowest BCUT2D eigenvalue weighted by molar-refractivity contribution is 0.0951. The summed E-state index contributed by atoms with van der Waals surface area (Å²) in [5.74, 6) is -1.46. The number of nitrogens with zero attached hydrogens (tertiary/aromatic N) is 3. The minimum Gasteiger partial charge on any atom is -0.351 e. The topological polar surface area (TPSA) is 67.9 Å². The Morgan fingerprint density at radius 1 is 1.00 bits per heavy atom. The van der Waals surface area contributed by atoms with Crippen LogP contribution in [0.15, 0.2) is 78.9 Å². The third-order valence-electron chi connectivity index (χ3n) is 6.52. The summed E-state index contributed by atoms with van der Waals surface area (Å²) in [7, 11) is 0. The number of Topliss-reactive ketones (excluding diaryl/α,β-unsaturated/α-hetero) is 1. The number of anilines is 1. The highest BCUT2D eigenvalue weighted by atomic mass is 35.5. The van der Waals surface area contributed by atoms with Crippen molar-refractivity contribution in [1.29, 1.82) is 10.5 Å². The number of hydrogen-bond acceptors (Lipinski definition) is 4. The number of carbonyl (C=O) groups is 1. The van der Waals surface area contributed by atoms with Gasteiger partial charge in [0.1, 0.15) is 11.9 Å². The van der Waals surface area contributed by atoms with Crippen molar-refractivity contribution in [3.63, 3.8) is 0 Å². The highest BCUT2D eigenvalue weighted by Gasteiger charge is 2.63. The molecule has 0 saturated carbocycles. The van der Waals surface area contributed by atoms with Crippen molar-refractivity contribution in [2.24, 2.45) is 5.41 Å². The van der Waals surface area contributed by atoms with Gasteiger partial charge < -0.3 is 4.90 Å². The summed E-state index contributed by atoms with van der Waals surface area (Å²) in [5, 5.41) is 21.3. The van der Waals surface area contributed by atoms with Gasteiger partial charge in [0.05, 0.1) is 18.2 Å². The molecule has 2 aliphatic rings. The van der Waals surface area contributed by atoms with Crippen LogP contribution in [0.25, 0.3) is 6.08 Å². The fourth-order valence-corrected chi connectivity index (χ4v) is 5.26. The second-order valence-corrected chi connectivity index (χ2v) is 8.65. The van der Waals surface area contributed by atoms with Gasteiger partial charge in [-0.1, -0.05) is 54.1 Å². The summed E-state index contributed by atoms with van der Waals surface area (Å²) in [4.78, 5) is 15.8. The molecule has 0 aliphatic carbocycles. The van der Waals surface area contributed by atoms with Gasteiger partial charge in [0.25, 0.3) is 0 Å². The Morgan fingerprint density at radius 2 is 1.70 bits per heavy atom. The first-order valence-corrected chi connectivity index (χ1v) is 10.8. The van der Waals surface area contributed by atoms with Crippen LogP contribution in [0.4, 0.5) is 10.1 Å². The number of ketones is 1. The lowest BCUT2D eigenvalue weighted by atomic mass is 9.69. The zero-order chi connectivity index (χ0) is 23.2. The lowest BCUT2D eigenvalue weighted by Crippen LogP contribution is -2.44. The fourth-order valence-electron chi connectivity index (χ4n) is 5.08.